The highest BCUT2D eigenvalue weighted by Gasteiger charge is 2.32. The number of benzene rings is 2. The Morgan fingerprint density at radius 2 is 1.98 bits per heavy atom. The highest BCUT2D eigenvalue weighted by atomic mass is 32.1. The Labute approximate surface area is 265 Å². The van der Waals surface area contributed by atoms with Crippen LogP contribution >= 0.6 is 11.3 Å². The Morgan fingerprint density at radius 1 is 1.11 bits per heavy atom. The Bertz CT molecular complexity index is 1910. The summed E-state index contributed by atoms with van der Waals surface area (Å²) in [6.45, 7) is 7.36. The normalized spacial score (nSPS) is 15.2. The molecule has 0 N–H and O–H groups in total. The molecule has 0 bridgehead atoms. The maximum atomic E-state index is 14.6. The van der Waals surface area contributed by atoms with E-state index in [1.807, 2.05) is 17.1 Å². The van der Waals surface area contributed by atoms with Gasteiger partial charge in [-0.15, -0.1) is 11.3 Å². The number of hydrogen-bond acceptors (Lipinski definition) is 7. The first-order valence-electron chi connectivity index (χ1n) is 15.0. The zero-order valence-electron chi connectivity index (χ0n) is 25.3. The number of thiophene rings is 1. The highest BCUT2D eigenvalue weighted by molar-refractivity contribution is 7.18. The molecule has 10 heteroatoms. The van der Waals surface area contributed by atoms with Gasteiger partial charge in [0.2, 0.25) is 5.91 Å². The molecule has 1 saturated heterocycles. The number of likely N-dealkylation sites (N-methyl/N-ethyl adjacent to an activating group) is 1. The number of hydrogen-bond donors (Lipinski definition) is 0. The fourth-order valence-corrected chi connectivity index (χ4v) is 7.15. The zero-order chi connectivity index (χ0) is 31.1. The molecule has 2 aliphatic rings. The second-order valence-electron chi connectivity index (χ2n) is 11.6. The summed E-state index contributed by atoms with van der Waals surface area (Å²) in [5.41, 5.74) is 7.86. The quantitative estimate of drug-likeness (QED) is 0.144. The summed E-state index contributed by atoms with van der Waals surface area (Å²) in [6.07, 6.45) is 6.15. The summed E-state index contributed by atoms with van der Waals surface area (Å²) in [4.78, 5) is 21.5. The van der Waals surface area contributed by atoms with Crippen LogP contribution < -0.4 is 4.74 Å². The highest BCUT2D eigenvalue weighted by Crippen LogP contribution is 2.46. The van der Waals surface area contributed by atoms with E-state index in [2.05, 4.69) is 48.2 Å². The zero-order valence-corrected chi connectivity index (χ0v) is 26.1. The van der Waals surface area contributed by atoms with E-state index in [0.717, 1.165) is 63.2 Å². The predicted octanol–water partition coefficient (Wildman–Crippen LogP) is 6.22. The third kappa shape index (κ3) is 5.54. The topological polar surface area (TPSA) is 72.7 Å². The van der Waals surface area contributed by atoms with Crippen molar-refractivity contribution >= 4 is 27.3 Å². The second-order valence-corrected chi connectivity index (χ2v) is 12.5. The minimum atomic E-state index is -0.379. The van der Waals surface area contributed by atoms with Crippen molar-refractivity contribution in [2.45, 2.75) is 19.0 Å². The molecule has 0 aliphatic carbocycles. The van der Waals surface area contributed by atoms with E-state index in [1.54, 1.807) is 29.4 Å². The van der Waals surface area contributed by atoms with E-state index in [-0.39, 0.29) is 24.4 Å². The van der Waals surface area contributed by atoms with E-state index in [0.29, 0.717) is 25.4 Å². The van der Waals surface area contributed by atoms with Gasteiger partial charge in [0.25, 0.3) is 0 Å². The molecule has 3 aromatic heterocycles. The molecule has 1 fully saturated rings. The molecule has 1 amide bonds. The van der Waals surface area contributed by atoms with Gasteiger partial charge in [-0.25, -0.2) is 9.37 Å². The monoisotopic (exact) mass is 623 g/mol. The molecule has 8 nitrogen and oxygen atoms in total. The lowest BCUT2D eigenvalue weighted by Gasteiger charge is -2.38. The fraction of sp³-hybridized carbons (Fsp3) is 0.286. The summed E-state index contributed by atoms with van der Waals surface area (Å²) in [5, 5.41) is 7.81. The van der Waals surface area contributed by atoms with E-state index in [1.165, 1.54) is 29.3 Å². The summed E-state index contributed by atoms with van der Waals surface area (Å²) >= 11 is 1.63. The van der Waals surface area contributed by atoms with E-state index in [4.69, 9.17) is 19.6 Å². The first-order valence-corrected chi connectivity index (χ1v) is 15.9. The van der Waals surface area contributed by atoms with Crippen molar-refractivity contribution in [1.29, 1.82) is 0 Å². The predicted molar refractivity (Wildman–Crippen MR) is 175 cm³/mol. The second kappa shape index (κ2) is 12.2. The minimum absolute atomic E-state index is 0.0635. The number of amides is 1. The third-order valence-electron chi connectivity index (χ3n) is 8.65. The largest absolute Gasteiger partial charge is 0.490 e. The summed E-state index contributed by atoms with van der Waals surface area (Å²) in [7, 11) is 3.76. The maximum absolute atomic E-state index is 14.6. The van der Waals surface area contributed by atoms with Crippen molar-refractivity contribution in [1.82, 2.24) is 24.6 Å². The van der Waals surface area contributed by atoms with Crippen LogP contribution in [0.4, 0.5) is 4.39 Å². The van der Waals surface area contributed by atoms with Gasteiger partial charge in [-0.05, 0) is 60.3 Å². The van der Waals surface area contributed by atoms with Gasteiger partial charge in [0, 0.05) is 77.9 Å². The van der Waals surface area contributed by atoms with Crippen molar-refractivity contribution in [3.05, 3.63) is 89.8 Å². The molecule has 2 aliphatic heterocycles. The number of carbonyl (C=O) groups excluding carboxylic acids is 1. The molecule has 0 radical (unpaired) electrons. The number of nitrogens with zero attached hydrogens (tertiary/aromatic N) is 5. The van der Waals surface area contributed by atoms with Gasteiger partial charge in [0.15, 0.2) is 0 Å². The van der Waals surface area contributed by atoms with Crippen LogP contribution in [0.2, 0.25) is 0 Å². The molecule has 0 unspecified atom stereocenters. The maximum Gasteiger partial charge on any atom is 0.246 e. The molecule has 5 heterocycles. The van der Waals surface area contributed by atoms with Gasteiger partial charge in [-0.2, -0.15) is 5.10 Å². The Balaban J connectivity index is 1.39. The van der Waals surface area contributed by atoms with E-state index < -0.39 is 0 Å². The molecule has 7 rings (SSSR count). The Kier molecular flexibility index (Phi) is 7.95. The molecule has 5 aromatic rings. The van der Waals surface area contributed by atoms with E-state index in [9.17, 15) is 9.18 Å². The minimum Gasteiger partial charge on any atom is -0.490 e. The molecule has 2 aromatic carbocycles. The van der Waals surface area contributed by atoms with Crippen LogP contribution in [0.1, 0.15) is 17.2 Å². The van der Waals surface area contributed by atoms with Crippen molar-refractivity contribution < 1.29 is 18.7 Å². The van der Waals surface area contributed by atoms with Crippen LogP contribution in [0.25, 0.3) is 43.7 Å². The first kappa shape index (κ1) is 29.3. The van der Waals surface area contributed by atoms with Gasteiger partial charge in [-0.1, -0.05) is 18.7 Å². The van der Waals surface area contributed by atoms with Crippen LogP contribution in [-0.4, -0.2) is 77.5 Å². The lowest BCUT2D eigenvalue weighted by molar-refractivity contribution is -0.131. The van der Waals surface area contributed by atoms with Crippen molar-refractivity contribution in [2.24, 2.45) is 0 Å². The molecule has 0 spiro atoms. The Morgan fingerprint density at radius 3 is 2.80 bits per heavy atom. The lowest BCUT2D eigenvalue weighted by Crippen LogP contribution is -2.50. The number of rotatable bonds is 9. The van der Waals surface area contributed by atoms with Gasteiger partial charge >= 0.3 is 0 Å². The number of likely N-dealkylation sites (tertiary alicyclic amines) is 1. The van der Waals surface area contributed by atoms with Crippen LogP contribution in [0.15, 0.2) is 72.9 Å². The average molecular weight is 624 g/mol. The molecular weight excluding hydrogens is 589 g/mol. The van der Waals surface area contributed by atoms with Crippen molar-refractivity contribution in [3.63, 3.8) is 0 Å². The van der Waals surface area contributed by atoms with Gasteiger partial charge in [0.1, 0.15) is 18.2 Å². The average Bonchev–Trinajstić information content (AvgIpc) is 3.70. The number of aromatic nitrogens is 3. The van der Waals surface area contributed by atoms with Crippen LogP contribution in [0, 0.1) is 5.82 Å². The first-order chi connectivity index (χ1) is 21.9. The SMILES string of the molecule is C=CC(=O)N1CC(n2cc(-c3nc(-c4ccc5c(c4)CCN(C)C5)c4ccsc4c3-c3ccc(F)cc3OCCOC)cn2)C1. The molecule has 230 valence electrons. The third-order valence-corrected chi connectivity index (χ3v) is 9.58. The molecule has 0 atom stereocenters. The number of fused-ring (bicyclic) bond motifs is 2. The molecule has 0 saturated carbocycles. The van der Waals surface area contributed by atoms with Crippen molar-refractivity contribution in [2.75, 3.05) is 47.0 Å². The number of carbonyl (C=O) groups is 1. The summed E-state index contributed by atoms with van der Waals surface area (Å²) in [6, 6.07) is 13.5. The molecule has 45 heavy (non-hydrogen) atoms. The van der Waals surface area contributed by atoms with Crippen LogP contribution in [-0.2, 0) is 22.5 Å². The van der Waals surface area contributed by atoms with Crippen LogP contribution in [0.5, 0.6) is 5.75 Å². The number of halogens is 1. The van der Waals surface area contributed by atoms with Gasteiger partial charge < -0.3 is 19.3 Å². The standard InChI is InChI=1S/C35H34FN5O3S/c1-4-31(42)40-20-27(21-40)41-19-25(17-37-41)34-32(28-8-7-26(36)16-30(28)44-13-12-43-3)35-29(10-14-45-35)33(38-34)23-5-6-24-18-39(2)11-9-22(24)15-23/h4-8,10,14-17,19,27H,1,9,11-13,18,20-21H2,2-3H3. The smallest absolute Gasteiger partial charge is 0.246 e. The lowest BCUT2D eigenvalue weighted by atomic mass is 9.93. The summed E-state index contributed by atoms with van der Waals surface area (Å²) in [5.74, 6) is -0.0272. The Hall–Kier alpha value is -4.38. The van der Waals surface area contributed by atoms with Gasteiger partial charge in [0.05, 0.1) is 30.2 Å². The molecular formula is C35H34FN5O3S. The number of ether oxygens (including phenoxy) is 2. The fourth-order valence-electron chi connectivity index (χ4n) is 6.19. The van der Waals surface area contributed by atoms with Gasteiger partial charge in [-0.3, -0.25) is 9.48 Å². The van der Waals surface area contributed by atoms with E-state index >= 15 is 0 Å². The number of pyridine rings is 1. The van der Waals surface area contributed by atoms with Crippen LogP contribution in [0.3, 0.4) is 0 Å². The summed E-state index contributed by atoms with van der Waals surface area (Å²) < 4.78 is 28.8. The van der Waals surface area contributed by atoms with Crippen molar-refractivity contribution in [3.8, 4) is 39.4 Å². The number of methoxy groups -OCH3 is 1.